The summed E-state index contributed by atoms with van der Waals surface area (Å²) in [6.07, 6.45) is 7.34. The summed E-state index contributed by atoms with van der Waals surface area (Å²) in [4.78, 5) is 15.9. The summed E-state index contributed by atoms with van der Waals surface area (Å²) in [5.41, 5.74) is -0.374. The highest BCUT2D eigenvalue weighted by Crippen LogP contribution is 2.25. The van der Waals surface area contributed by atoms with Crippen LogP contribution < -0.4 is 10.6 Å². The SMILES string of the molecule is CN=C(NCCCCCCC(=O)OC(C)(C)C)NCC1CCCS1.I. The third-order valence-electron chi connectivity index (χ3n) is 3.76. The zero-order valence-corrected chi connectivity index (χ0v) is 19.4. The van der Waals surface area contributed by atoms with Crippen LogP contribution in [-0.2, 0) is 9.53 Å². The van der Waals surface area contributed by atoms with Crippen LogP contribution in [0, 0.1) is 0 Å². The molecule has 148 valence electrons. The number of carbonyl (C=O) groups excluding carboxylic acids is 1. The van der Waals surface area contributed by atoms with Crippen LogP contribution in [0.3, 0.4) is 0 Å². The van der Waals surface area contributed by atoms with Crippen LogP contribution in [0.5, 0.6) is 0 Å². The van der Waals surface area contributed by atoms with Crippen molar-refractivity contribution in [1.82, 2.24) is 10.6 Å². The quantitative estimate of drug-likeness (QED) is 0.170. The van der Waals surface area contributed by atoms with Gasteiger partial charge in [-0.3, -0.25) is 9.79 Å². The van der Waals surface area contributed by atoms with Crippen LogP contribution in [0.4, 0.5) is 0 Å². The maximum Gasteiger partial charge on any atom is 0.306 e. The van der Waals surface area contributed by atoms with Gasteiger partial charge in [0.2, 0.25) is 0 Å². The van der Waals surface area contributed by atoms with E-state index >= 15 is 0 Å². The summed E-state index contributed by atoms with van der Waals surface area (Å²) in [5.74, 6) is 2.10. The van der Waals surface area contributed by atoms with Crippen molar-refractivity contribution in [2.75, 3.05) is 25.9 Å². The number of hydrogen-bond donors (Lipinski definition) is 2. The number of ether oxygens (including phenoxy) is 1. The number of rotatable bonds is 9. The fourth-order valence-corrected chi connectivity index (χ4v) is 3.78. The molecule has 1 aliphatic heterocycles. The summed E-state index contributed by atoms with van der Waals surface area (Å²) in [6, 6.07) is 0. The van der Waals surface area contributed by atoms with Crippen molar-refractivity contribution in [3.8, 4) is 0 Å². The molecule has 1 heterocycles. The second-order valence-corrected chi connectivity index (χ2v) is 8.67. The van der Waals surface area contributed by atoms with Crippen molar-refractivity contribution in [3.05, 3.63) is 0 Å². The average Bonchev–Trinajstić information content (AvgIpc) is 3.00. The molecule has 0 saturated carbocycles. The Labute approximate surface area is 174 Å². The van der Waals surface area contributed by atoms with Crippen molar-refractivity contribution in [3.63, 3.8) is 0 Å². The lowest BCUT2D eigenvalue weighted by molar-refractivity contribution is -0.154. The molecule has 0 aromatic heterocycles. The molecule has 0 aromatic rings. The molecule has 7 heteroatoms. The van der Waals surface area contributed by atoms with Gasteiger partial charge in [0.15, 0.2) is 5.96 Å². The number of thioether (sulfide) groups is 1. The van der Waals surface area contributed by atoms with E-state index in [4.69, 9.17) is 4.74 Å². The first-order chi connectivity index (χ1) is 11.4. The summed E-state index contributed by atoms with van der Waals surface area (Å²) < 4.78 is 5.30. The maximum atomic E-state index is 11.6. The van der Waals surface area contributed by atoms with E-state index < -0.39 is 0 Å². The first kappa shape index (κ1) is 24.8. The molecule has 0 amide bonds. The molecule has 1 aliphatic rings. The van der Waals surface area contributed by atoms with E-state index in [1.54, 1.807) is 0 Å². The third-order valence-corrected chi connectivity index (χ3v) is 5.16. The van der Waals surface area contributed by atoms with Gasteiger partial charge in [-0.15, -0.1) is 24.0 Å². The van der Waals surface area contributed by atoms with Gasteiger partial charge in [0, 0.05) is 31.8 Å². The van der Waals surface area contributed by atoms with Crippen molar-refractivity contribution >= 4 is 47.7 Å². The topological polar surface area (TPSA) is 62.7 Å². The molecule has 5 nitrogen and oxygen atoms in total. The number of guanidine groups is 1. The predicted octanol–water partition coefficient (Wildman–Crippen LogP) is 3.96. The minimum Gasteiger partial charge on any atom is -0.460 e. The zero-order valence-electron chi connectivity index (χ0n) is 16.2. The Kier molecular flexibility index (Phi) is 13.8. The molecule has 1 unspecified atom stereocenters. The largest absolute Gasteiger partial charge is 0.460 e. The molecule has 2 N–H and O–H groups in total. The number of unbranched alkanes of at least 4 members (excludes halogenated alkanes) is 3. The lowest BCUT2D eigenvalue weighted by atomic mass is 10.1. The molecule has 1 atom stereocenters. The number of nitrogens with zero attached hydrogens (tertiary/aromatic N) is 1. The standard InChI is InChI=1S/C18H35N3O2S.HI/c1-18(2,3)23-16(22)11-7-5-6-8-12-20-17(19-4)21-14-15-10-9-13-24-15;/h15H,5-14H2,1-4H3,(H2,19,20,21);1H. The van der Waals surface area contributed by atoms with Gasteiger partial charge < -0.3 is 15.4 Å². The van der Waals surface area contributed by atoms with E-state index in [1.165, 1.54) is 18.6 Å². The number of nitrogens with one attached hydrogen (secondary N) is 2. The molecule has 1 saturated heterocycles. The van der Waals surface area contributed by atoms with Gasteiger partial charge in [0.05, 0.1) is 0 Å². The van der Waals surface area contributed by atoms with E-state index in [-0.39, 0.29) is 35.5 Å². The average molecular weight is 485 g/mol. The second kappa shape index (κ2) is 13.9. The predicted molar refractivity (Wildman–Crippen MR) is 119 cm³/mol. The highest BCUT2D eigenvalue weighted by molar-refractivity contribution is 14.0. The van der Waals surface area contributed by atoms with Crippen LogP contribution in [0.1, 0.15) is 65.7 Å². The molecule has 1 fully saturated rings. The minimum absolute atomic E-state index is 0. The molecule has 0 aliphatic carbocycles. The maximum absolute atomic E-state index is 11.6. The lowest BCUT2D eigenvalue weighted by Crippen LogP contribution is -2.40. The number of halogens is 1. The number of esters is 1. The zero-order chi connectivity index (χ0) is 17.8. The van der Waals surface area contributed by atoms with Crippen LogP contribution in [0.2, 0.25) is 0 Å². The van der Waals surface area contributed by atoms with Gasteiger partial charge in [0.1, 0.15) is 5.60 Å². The molecule has 0 radical (unpaired) electrons. The van der Waals surface area contributed by atoms with Crippen LogP contribution in [0.25, 0.3) is 0 Å². The summed E-state index contributed by atoms with van der Waals surface area (Å²) >= 11 is 2.05. The van der Waals surface area contributed by atoms with E-state index in [2.05, 4.69) is 27.4 Å². The lowest BCUT2D eigenvalue weighted by Gasteiger charge is -2.19. The van der Waals surface area contributed by atoms with Gasteiger partial charge in [0.25, 0.3) is 0 Å². The van der Waals surface area contributed by atoms with Crippen molar-refractivity contribution < 1.29 is 9.53 Å². The van der Waals surface area contributed by atoms with Crippen molar-refractivity contribution in [2.45, 2.75) is 76.6 Å². The van der Waals surface area contributed by atoms with Gasteiger partial charge in [-0.25, -0.2) is 0 Å². The summed E-state index contributed by atoms with van der Waals surface area (Å²) in [5, 5.41) is 7.50. The summed E-state index contributed by atoms with van der Waals surface area (Å²) in [6.45, 7) is 7.64. The van der Waals surface area contributed by atoms with Gasteiger partial charge >= 0.3 is 5.97 Å². The Morgan fingerprint density at radius 2 is 1.92 bits per heavy atom. The van der Waals surface area contributed by atoms with E-state index in [0.29, 0.717) is 6.42 Å². The third kappa shape index (κ3) is 13.7. The van der Waals surface area contributed by atoms with Crippen LogP contribution in [0.15, 0.2) is 4.99 Å². The monoisotopic (exact) mass is 485 g/mol. The van der Waals surface area contributed by atoms with Crippen LogP contribution >= 0.6 is 35.7 Å². The first-order valence-electron chi connectivity index (χ1n) is 9.18. The second-order valence-electron chi connectivity index (χ2n) is 7.27. The fraction of sp³-hybridized carbons (Fsp3) is 0.889. The normalized spacial score (nSPS) is 17.8. The number of hydrogen-bond acceptors (Lipinski definition) is 4. The Bertz CT molecular complexity index is 394. The Hall–Kier alpha value is -0.180. The van der Waals surface area contributed by atoms with E-state index in [9.17, 15) is 4.79 Å². The highest BCUT2D eigenvalue weighted by atomic mass is 127. The molecular weight excluding hydrogens is 449 g/mol. The van der Waals surface area contributed by atoms with Crippen molar-refractivity contribution in [2.24, 2.45) is 4.99 Å². The number of carbonyl (C=O) groups is 1. The van der Waals surface area contributed by atoms with Crippen LogP contribution in [-0.4, -0.2) is 48.7 Å². The van der Waals surface area contributed by atoms with Gasteiger partial charge in [-0.05, 0) is 52.2 Å². The van der Waals surface area contributed by atoms with E-state index in [1.807, 2.05) is 27.8 Å². The van der Waals surface area contributed by atoms with Gasteiger partial charge in [-0.1, -0.05) is 12.8 Å². The molecule has 0 spiro atoms. The molecule has 0 aromatic carbocycles. The Morgan fingerprint density at radius 1 is 1.20 bits per heavy atom. The Balaban J connectivity index is 0.00000576. The molecule has 1 rings (SSSR count). The number of aliphatic imine (C=N–C) groups is 1. The van der Waals surface area contributed by atoms with Crippen molar-refractivity contribution in [1.29, 1.82) is 0 Å². The van der Waals surface area contributed by atoms with E-state index in [0.717, 1.165) is 50.0 Å². The highest BCUT2D eigenvalue weighted by Gasteiger charge is 2.16. The minimum atomic E-state index is -0.374. The van der Waals surface area contributed by atoms with Gasteiger partial charge in [-0.2, -0.15) is 11.8 Å². The molecule has 0 bridgehead atoms. The summed E-state index contributed by atoms with van der Waals surface area (Å²) in [7, 11) is 1.82. The molecule has 25 heavy (non-hydrogen) atoms. The fourth-order valence-electron chi connectivity index (χ4n) is 2.58. The molecular formula is C18H36IN3O2S. The smallest absolute Gasteiger partial charge is 0.306 e. The first-order valence-corrected chi connectivity index (χ1v) is 10.2. The Morgan fingerprint density at radius 3 is 2.52 bits per heavy atom.